The van der Waals surface area contributed by atoms with Crippen LogP contribution in [0, 0.1) is 13.8 Å². The van der Waals surface area contributed by atoms with Crippen molar-refractivity contribution in [2.24, 2.45) is 0 Å². The Kier molecular flexibility index (Phi) is 4.58. The fourth-order valence-electron chi connectivity index (χ4n) is 2.43. The van der Waals surface area contributed by atoms with Gasteiger partial charge in [0, 0.05) is 22.3 Å². The Hall–Kier alpha value is -1.95. The molecule has 0 aliphatic carbocycles. The van der Waals surface area contributed by atoms with Crippen LogP contribution in [0.5, 0.6) is 5.88 Å². The van der Waals surface area contributed by atoms with Crippen molar-refractivity contribution in [1.82, 2.24) is 9.97 Å². The van der Waals surface area contributed by atoms with E-state index in [4.69, 9.17) is 23.2 Å². The molecular weight excluding hydrogens is 367 g/mol. The Morgan fingerprint density at radius 1 is 1.08 bits per heavy atom. The van der Waals surface area contributed by atoms with Crippen LogP contribution in [-0.4, -0.2) is 15.1 Å². The maximum atomic E-state index is 12.6. The van der Waals surface area contributed by atoms with Crippen molar-refractivity contribution in [3.05, 3.63) is 61.3 Å². The number of benzene rings is 1. The monoisotopic (exact) mass is 378 g/mol. The van der Waals surface area contributed by atoms with Crippen LogP contribution in [0.3, 0.4) is 0 Å². The Balaban J connectivity index is 2.21. The molecule has 0 unspecified atom stereocenters. The molecule has 2 aromatic heterocycles. The van der Waals surface area contributed by atoms with Crippen molar-refractivity contribution in [2.45, 2.75) is 13.8 Å². The van der Waals surface area contributed by atoms with Gasteiger partial charge in [0.15, 0.2) is 0 Å². The van der Waals surface area contributed by atoms with Crippen LogP contribution >= 0.6 is 34.5 Å². The molecule has 0 aliphatic heterocycles. The van der Waals surface area contributed by atoms with Gasteiger partial charge in [0.25, 0.3) is 0 Å². The van der Waals surface area contributed by atoms with Crippen molar-refractivity contribution >= 4 is 34.5 Å². The number of aromatic nitrogens is 2. The first-order chi connectivity index (χ1) is 11.4. The summed E-state index contributed by atoms with van der Waals surface area (Å²) in [6.07, 6.45) is 1.57. The lowest BCUT2D eigenvalue weighted by Crippen LogP contribution is -2.05. The Bertz CT molecular complexity index is 985. The fraction of sp³-hybridized carbons (Fsp3) is 0.118. The van der Waals surface area contributed by atoms with Gasteiger partial charge in [-0.1, -0.05) is 46.7 Å². The van der Waals surface area contributed by atoms with Crippen LogP contribution in [0.4, 0.5) is 0 Å². The summed E-state index contributed by atoms with van der Waals surface area (Å²) >= 11 is 12.9. The summed E-state index contributed by atoms with van der Waals surface area (Å²) in [6.45, 7) is 3.57. The van der Waals surface area contributed by atoms with Gasteiger partial charge in [-0.25, -0.2) is 9.97 Å². The van der Waals surface area contributed by atoms with Crippen molar-refractivity contribution in [1.29, 1.82) is 0 Å². The zero-order valence-electron chi connectivity index (χ0n) is 12.8. The van der Waals surface area contributed by atoms with Crippen LogP contribution in [0.2, 0.25) is 10.2 Å². The van der Waals surface area contributed by atoms with Gasteiger partial charge in [-0.15, -0.1) is 0 Å². The zero-order chi connectivity index (χ0) is 17.4. The largest absolute Gasteiger partial charge is 0.493 e. The standard InChI is InChI=1S/C17H12Cl2N2O2S/c1-8-7-20-14(19)9(2)12(8)13-15(22)21-16(24-17(13)23)10-3-5-11(18)6-4-10/h3-7,22H,1-2H3. The summed E-state index contributed by atoms with van der Waals surface area (Å²) in [5, 5.41) is 11.7. The predicted molar refractivity (Wildman–Crippen MR) is 98.2 cm³/mol. The van der Waals surface area contributed by atoms with Crippen LogP contribution in [0.25, 0.3) is 21.7 Å². The van der Waals surface area contributed by atoms with Gasteiger partial charge >= 0.3 is 0 Å². The number of rotatable bonds is 2. The van der Waals surface area contributed by atoms with Gasteiger partial charge in [-0.2, -0.15) is 0 Å². The summed E-state index contributed by atoms with van der Waals surface area (Å²) in [6, 6.07) is 6.91. The molecule has 0 fully saturated rings. The number of halogens is 2. The van der Waals surface area contributed by atoms with E-state index < -0.39 is 0 Å². The number of hydrogen-bond donors (Lipinski definition) is 1. The molecule has 0 bridgehead atoms. The molecule has 2 heterocycles. The highest BCUT2D eigenvalue weighted by molar-refractivity contribution is 7.12. The lowest BCUT2D eigenvalue weighted by molar-refractivity contribution is 0.457. The third-order valence-electron chi connectivity index (χ3n) is 3.62. The summed E-state index contributed by atoms with van der Waals surface area (Å²) < 4.78 is -0.291. The number of aromatic hydroxyl groups is 1. The van der Waals surface area contributed by atoms with Crippen molar-refractivity contribution < 1.29 is 5.11 Å². The average molecular weight is 379 g/mol. The Morgan fingerprint density at radius 3 is 2.38 bits per heavy atom. The first-order valence-electron chi connectivity index (χ1n) is 7.00. The van der Waals surface area contributed by atoms with E-state index in [1.807, 2.05) is 6.92 Å². The lowest BCUT2D eigenvalue weighted by atomic mass is 10.0. The van der Waals surface area contributed by atoms with Gasteiger partial charge in [0.1, 0.15) is 15.7 Å². The molecule has 24 heavy (non-hydrogen) atoms. The van der Waals surface area contributed by atoms with Gasteiger partial charge in [-0.3, -0.25) is 4.79 Å². The smallest absolute Gasteiger partial charge is 0.247 e. The van der Waals surface area contributed by atoms with Gasteiger partial charge in [0.2, 0.25) is 10.6 Å². The molecule has 0 saturated carbocycles. The van der Waals surface area contributed by atoms with Crippen LogP contribution in [-0.2, 0) is 0 Å². The minimum Gasteiger partial charge on any atom is -0.493 e. The maximum Gasteiger partial charge on any atom is 0.247 e. The van der Waals surface area contributed by atoms with Crippen LogP contribution in [0.15, 0.2) is 35.3 Å². The molecule has 122 valence electrons. The third-order valence-corrected chi connectivity index (χ3v) is 5.16. The first-order valence-corrected chi connectivity index (χ1v) is 8.58. The van der Waals surface area contributed by atoms with Crippen molar-refractivity contribution in [2.75, 3.05) is 0 Å². The highest BCUT2D eigenvalue weighted by atomic mass is 35.5. The van der Waals surface area contributed by atoms with Gasteiger partial charge < -0.3 is 5.11 Å². The zero-order valence-corrected chi connectivity index (χ0v) is 15.1. The van der Waals surface area contributed by atoms with E-state index in [9.17, 15) is 9.90 Å². The second-order valence-corrected chi connectivity index (χ2v) is 7.00. The van der Waals surface area contributed by atoms with E-state index in [0.717, 1.165) is 16.9 Å². The minimum atomic E-state index is -0.322. The third kappa shape index (κ3) is 3.02. The molecular formula is C17H12Cl2N2O2S. The molecule has 3 rings (SSSR count). The van der Waals surface area contributed by atoms with Gasteiger partial charge in [0.05, 0.1) is 0 Å². The molecule has 0 amide bonds. The molecule has 0 aliphatic rings. The highest BCUT2D eigenvalue weighted by Gasteiger charge is 2.19. The fourth-order valence-corrected chi connectivity index (χ4v) is 3.56. The van der Waals surface area contributed by atoms with E-state index >= 15 is 0 Å². The number of aryl methyl sites for hydroxylation is 1. The molecule has 4 nitrogen and oxygen atoms in total. The van der Waals surface area contributed by atoms with Crippen LogP contribution in [0.1, 0.15) is 11.1 Å². The normalized spacial score (nSPS) is 10.8. The molecule has 0 radical (unpaired) electrons. The molecule has 0 saturated heterocycles. The van der Waals surface area contributed by atoms with E-state index in [2.05, 4.69) is 9.97 Å². The van der Waals surface area contributed by atoms with E-state index in [1.54, 1.807) is 37.4 Å². The second-order valence-electron chi connectivity index (χ2n) is 5.24. The summed E-state index contributed by atoms with van der Waals surface area (Å²) in [5.74, 6) is -0.322. The molecule has 0 atom stereocenters. The average Bonchev–Trinajstić information content (AvgIpc) is 2.54. The van der Waals surface area contributed by atoms with Crippen molar-refractivity contribution in [3.63, 3.8) is 0 Å². The molecule has 1 N–H and O–H groups in total. The predicted octanol–water partition coefficient (Wildman–Crippen LogP) is 4.86. The topological polar surface area (TPSA) is 63.1 Å². The molecule has 0 spiro atoms. The first kappa shape index (κ1) is 16.9. The van der Waals surface area contributed by atoms with Crippen LogP contribution < -0.4 is 4.74 Å². The van der Waals surface area contributed by atoms with Gasteiger partial charge in [-0.05, 0) is 37.1 Å². The SMILES string of the molecule is Cc1cnc(Cl)c(C)c1-c1c(O)nc(-c2ccc(Cl)cc2)sc1=O. The van der Waals surface area contributed by atoms with E-state index in [0.29, 0.717) is 31.9 Å². The maximum absolute atomic E-state index is 12.6. The molecule has 7 heteroatoms. The van der Waals surface area contributed by atoms with E-state index in [1.165, 1.54) is 0 Å². The second kappa shape index (κ2) is 6.51. The highest BCUT2D eigenvalue weighted by Crippen LogP contribution is 2.35. The van der Waals surface area contributed by atoms with E-state index in [-0.39, 0.29) is 16.2 Å². The number of nitrogens with zero attached hydrogens (tertiary/aromatic N) is 2. The Labute approximate surface area is 152 Å². The lowest BCUT2D eigenvalue weighted by Gasteiger charge is -2.11. The minimum absolute atomic E-state index is 0.150. The number of hydrogen-bond acceptors (Lipinski definition) is 5. The molecule has 1 aromatic carbocycles. The quantitative estimate of drug-likeness (QED) is 0.646. The van der Waals surface area contributed by atoms with Crippen molar-refractivity contribution in [3.8, 4) is 27.6 Å². The number of pyridine rings is 1. The Morgan fingerprint density at radius 2 is 1.75 bits per heavy atom. The molecule has 3 aromatic rings. The summed E-state index contributed by atoms with van der Waals surface area (Å²) in [7, 11) is 0. The summed E-state index contributed by atoms with van der Waals surface area (Å²) in [5.41, 5.74) is 2.82. The summed E-state index contributed by atoms with van der Waals surface area (Å²) in [4.78, 5) is 20.9.